The van der Waals surface area contributed by atoms with Crippen molar-refractivity contribution in [1.29, 1.82) is 0 Å². The highest BCUT2D eigenvalue weighted by atomic mass is 16.5. The molecule has 0 unspecified atom stereocenters. The Labute approximate surface area is 121 Å². The highest BCUT2D eigenvalue weighted by molar-refractivity contribution is 5.36. The van der Waals surface area contributed by atoms with Crippen LogP contribution in [0.2, 0.25) is 0 Å². The standard InChI is InChI=1S/C18H23NO/c1-18(2,3)15-7-11-17(12-8-15)20-16-9-5-14(6-10-16)13-19-4/h5-12,19H,13H2,1-4H3. The second-order valence-electron chi connectivity index (χ2n) is 6.05. The molecule has 0 heterocycles. The Hall–Kier alpha value is -1.80. The van der Waals surface area contributed by atoms with Gasteiger partial charge in [0.05, 0.1) is 0 Å². The van der Waals surface area contributed by atoms with Crippen LogP contribution in [0.25, 0.3) is 0 Å². The van der Waals surface area contributed by atoms with E-state index in [1.807, 2.05) is 31.3 Å². The van der Waals surface area contributed by atoms with Crippen molar-refractivity contribution in [2.24, 2.45) is 0 Å². The quantitative estimate of drug-likeness (QED) is 0.882. The van der Waals surface area contributed by atoms with Crippen LogP contribution >= 0.6 is 0 Å². The number of ether oxygens (including phenoxy) is 1. The molecule has 0 saturated carbocycles. The van der Waals surface area contributed by atoms with Crippen LogP contribution in [0.3, 0.4) is 0 Å². The van der Waals surface area contributed by atoms with Gasteiger partial charge in [-0.25, -0.2) is 0 Å². The summed E-state index contributed by atoms with van der Waals surface area (Å²) in [6.45, 7) is 7.51. The van der Waals surface area contributed by atoms with Gasteiger partial charge in [0.15, 0.2) is 0 Å². The predicted molar refractivity (Wildman–Crippen MR) is 84.4 cm³/mol. The molecule has 0 spiro atoms. The Bertz CT molecular complexity index is 535. The fourth-order valence-corrected chi connectivity index (χ4v) is 2.04. The highest BCUT2D eigenvalue weighted by Gasteiger charge is 2.13. The van der Waals surface area contributed by atoms with Gasteiger partial charge in [-0.2, -0.15) is 0 Å². The van der Waals surface area contributed by atoms with Crippen molar-refractivity contribution in [2.75, 3.05) is 7.05 Å². The molecule has 0 saturated heterocycles. The van der Waals surface area contributed by atoms with Crippen LogP contribution in [-0.2, 0) is 12.0 Å². The summed E-state index contributed by atoms with van der Waals surface area (Å²) in [6, 6.07) is 16.5. The second-order valence-corrected chi connectivity index (χ2v) is 6.05. The molecule has 0 aliphatic heterocycles. The van der Waals surface area contributed by atoms with Gasteiger partial charge >= 0.3 is 0 Å². The average molecular weight is 269 g/mol. The summed E-state index contributed by atoms with van der Waals surface area (Å²) in [5.74, 6) is 1.74. The summed E-state index contributed by atoms with van der Waals surface area (Å²) in [5, 5.41) is 3.13. The molecule has 0 aromatic heterocycles. The maximum atomic E-state index is 5.86. The van der Waals surface area contributed by atoms with Crippen molar-refractivity contribution >= 4 is 0 Å². The van der Waals surface area contributed by atoms with E-state index in [1.165, 1.54) is 11.1 Å². The van der Waals surface area contributed by atoms with Gasteiger partial charge in [-0.3, -0.25) is 0 Å². The van der Waals surface area contributed by atoms with Gasteiger partial charge < -0.3 is 10.1 Å². The number of benzene rings is 2. The fourth-order valence-electron chi connectivity index (χ4n) is 2.04. The van der Waals surface area contributed by atoms with Crippen LogP contribution < -0.4 is 10.1 Å². The Morgan fingerprint density at radius 1 is 0.850 bits per heavy atom. The lowest BCUT2D eigenvalue weighted by Crippen LogP contribution is -2.10. The van der Waals surface area contributed by atoms with Crippen molar-refractivity contribution in [3.8, 4) is 11.5 Å². The first-order valence-electron chi connectivity index (χ1n) is 7.01. The van der Waals surface area contributed by atoms with Crippen LogP contribution in [0.15, 0.2) is 48.5 Å². The molecule has 0 aliphatic carbocycles. The van der Waals surface area contributed by atoms with Gasteiger partial charge in [0.2, 0.25) is 0 Å². The summed E-state index contributed by atoms with van der Waals surface area (Å²) in [5.41, 5.74) is 2.74. The van der Waals surface area contributed by atoms with Crippen molar-refractivity contribution < 1.29 is 4.74 Å². The zero-order valence-corrected chi connectivity index (χ0v) is 12.7. The minimum absolute atomic E-state index is 0.174. The summed E-state index contributed by atoms with van der Waals surface area (Å²) >= 11 is 0. The lowest BCUT2D eigenvalue weighted by Gasteiger charge is -2.19. The van der Waals surface area contributed by atoms with Gasteiger partial charge in [-0.1, -0.05) is 45.0 Å². The summed E-state index contributed by atoms with van der Waals surface area (Å²) in [4.78, 5) is 0. The largest absolute Gasteiger partial charge is 0.457 e. The van der Waals surface area contributed by atoms with E-state index in [0.717, 1.165) is 18.0 Å². The fraction of sp³-hybridized carbons (Fsp3) is 0.333. The van der Waals surface area contributed by atoms with E-state index in [1.54, 1.807) is 0 Å². The third kappa shape index (κ3) is 3.84. The Balaban J connectivity index is 2.06. The van der Waals surface area contributed by atoms with Crippen LogP contribution in [0.4, 0.5) is 0 Å². The Morgan fingerprint density at radius 3 is 1.80 bits per heavy atom. The lowest BCUT2D eigenvalue weighted by atomic mass is 9.87. The minimum atomic E-state index is 0.174. The molecule has 0 atom stereocenters. The molecule has 2 nitrogen and oxygen atoms in total. The summed E-state index contributed by atoms with van der Waals surface area (Å²) < 4.78 is 5.86. The van der Waals surface area contributed by atoms with E-state index in [2.05, 4.69) is 50.4 Å². The maximum Gasteiger partial charge on any atom is 0.127 e. The molecule has 1 N–H and O–H groups in total. The molecule has 20 heavy (non-hydrogen) atoms. The predicted octanol–water partition coefficient (Wildman–Crippen LogP) is 4.50. The average Bonchev–Trinajstić information content (AvgIpc) is 2.41. The molecule has 0 bridgehead atoms. The summed E-state index contributed by atoms with van der Waals surface area (Å²) in [6.07, 6.45) is 0. The van der Waals surface area contributed by atoms with E-state index < -0.39 is 0 Å². The first-order valence-corrected chi connectivity index (χ1v) is 7.01. The van der Waals surface area contributed by atoms with Gasteiger partial charge in [-0.15, -0.1) is 0 Å². The van der Waals surface area contributed by atoms with Crippen LogP contribution in [-0.4, -0.2) is 7.05 Å². The number of hydrogen-bond donors (Lipinski definition) is 1. The topological polar surface area (TPSA) is 21.3 Å². The SMILES string of the molecule is CNCc1ccc(Oc2ccc(C(C)(C)C)cc2)cc1. The zero-order valence-electron chi connectivity index (χ0n) is 12.7. The van der Waals surface area contributed by atoms with Crippen LogP contribution in [0.1, 0.15) is 31.9 Å². The monoisotopic (exact) mass is 269 g/mol. The lowest BCUT2D eigenvalue weighted by molar-refractivity contribution is 0.481. The van der Waals surface area contributed by atoms with E-state index in [9.17, 15) is 0 Å². The molecule has 2 aromatic carbocycles. The van der Waals surface area contributed by atoms with Gasteiger partial charge in [0.1, 0.15) is 11.5 Å². The third-order valence-electron chi connectivity index (χ3n) is 3.26. The summed E-state index contributed by atoms with van der Waals surface area (Å²) in [7, 11) is 1.95. The first kappa shape index (κ1) is 14.6. The van der Waals surface area contributed by atoms with E-state index in [-0.39, 0.29) is 5.41 Å². The minimum Gasteiger partial charge on any atom is -0.457 e. The Morgan fingerprint density at radius 2 is 1.35 bits per heavy atom. The second kappa shape index (κ2) is 6.10. The molecule has 2 heteroatoms. The number of nitrogens with one attached hydrogen (secondary N) is 1. The molecular weight excluding hydrogens is 246 g/mol. The third-order valence-corrected chi connectivity index (χ3v) is 3.26. The normalized spacial score (nSPS) is 11.4. The molecule has 0 fully saturated rings. The molecular formula is C18H23NO. The van der Waals surface area contributed by atoms with Crippen LogP contribution in [0.5, 0.6) is 11.5 Å². The maximum absolute atomic E-state index is 5.86. The molecule has 106 valence electrons. The van der Waals surface area contributed by atoms with Gasteiger partial charge in [-0.05, 0) is 47.9 Å². The van der Waals surface area contributed by atoms with Crippen molar-refractivity contribution in [3.63, 3.8) is 0 Å². The van der Waals surface area contributed by atoms with Gasteiger partial charge in [0.25, 0.3) is 0 Å². The first-order chi connectivity index (χ1) is 9.49. The van der Waals surface area contributed by atoms with E-state index >= 15 is 0 Å². The van der Waals surface area contributed by atoms with Gasteiger partial charge in [0, 0.05) is 6.54 Å². The smallest absolute Gasteiger partial charge is 0.127 e. The zero-order chi connectivity index (χ0) is 14.6. The molecule has 2 rings (SSSR count). The highest BCUT2D eigenvalue weighted by Crippen LogP contribution is 2.27. The molecule has 0 radical (unpaired) electrons. The van der Waals surface area contributed by atoms with Crippen molar-refractivity contribution in [1.82, 2.24) is 5.32 Å². The molecule has 2 aromatic rings. The Kier molecular flexibility index (Phi) is 4.46. The number of hydrogen-bond acceptors (Lipinski definition) is 2. The number of rotatable bonds is 4. The van der Waals surface area contributed by atoms with Crippen molar-refractivity contribution in [3.05, 3.63) is 59.7 Å². The van der Waals surface area contributed by atoms with Crippen LogP contribution in [0, 0.1) is 0 Å². The molecule has 0 aliphatic rings. The van der Waals surface area contributed by atoms with E-state index in [0.29, 0.717) is 0 Å². The molecule has 0 amide bonds. The van der Waals surface area contributed by atoms with E-state index in [4.69, 9.17) is 4.74 Å². The van der Waals surface area contributed by atoms with Crippen molar-refractivity contribution in [2.45, 2.75) is 32.7 Å².